The van der Waals surface area contributed by atoms with Crippen molar-refractivity contribution < 1.29 is 14.3 Å². The van der Waals surface area contributed by atoms with E-state index < -0.39 is 0 Å². The van der Waals surface area contributed by atoms with Crippen molar-refractivity contribution in [1.29, 1.82) is 0 Å². The number of benzene rings is 1. The lowest BCUT2D eigenvalue weighted by Crippen LogP contribution is -2.40. The molecule has 24 heavy (non-hydrogen) atoms. The Morgan fingerprint density at radius 2 is 2.08 bits per heavy atom. The quantitative estimate of drug-likeness (QED) is 0.895. The Kier molecular flexibility index (Phi) is 6.06. The number of methoxy groups -OCH3 is 1. The summed E-state index contributed by atoms with van der Waals surface area (Å²) in [5, 5.41) is 2.82. The Morgan fingerprint density at radius 1 is 1.33 bits per heavy atom. The van der Waals surface area contributed by atoms with E-state index in [0.29, 0.717) is 26.2 Å². The van der Waals surface area contributed by atoms with Gasteiger partial charge in [-0.25, -0.2) is 4.79 Å². The van der Waals surface area contributed by atoms with Crippen LogP contribution in [-0.4, -0.2) is 62.1 Å². The van der Waals surface area contributed by atoms with E-state index in [2.05, 4.69) is 5.32 Å². The monoisotopic (exact) mass is 333 g/mol. The lowest BCUT2D eigenvalue weighted by atomic mass is 9.88. The summed E-state index contributed by atoms with van der Waals surface area (Å²) in [4.78, 5) is 28.5. The summed E-state index contributed by atoms with van der Waals surface area (Å²) in [6, 6.07) is 7.65. The zero-order chi connectivity index (χ0) is 17.7. The van der Waals surface area contributed by atoms with Gasteiger partial charge in [0.15, 0.2) is 0 Å². The highest BCUT2D eigenvalue weighted by Gasteiger charge is 2.41. The zero-order valence-corrected chi connectivity index (χ0v) is 14.9. The van der Waals surface area contributed by atoms with E-state index in [0.717, 1.165) is 11.3 Å². The number of hydrogen-bond acceptors (Lipinski definition) is 3. The third-order valence-electron chi connectivity index (χ3n) is 4.62. The summed E-state index contributed by atoms with van der Waals surface area (Å²) in [6.07, 6.45) is 0. The molecule has 1 saturated heterocycles. The number of carbonyl (C=O) groups is 2. The van der Waals surface area contributed by atoms with Gasteiger partial charge in [0, 0.05) is 39.1 Å². The van der Waals surface area contributed by atoms with Crippen LogP contribution in [0.5, 0.6) is 5.75 Å². The molecule has 0 aliphatic carbocycles. The van der Waals surface area contributed by atoms with Crippen LogP contribution in [0.4, 0.5) is 4.79 Å². The van der Waals surface area contributed by atoms with Gasteiger partial charge in [-0.2, -0.15) is 0 Å². The van der Waals surface area contributed by atoms with Gasteiger partial charge in [0.25, 0.3) is 0 Å². The molecule has 0 saturated carbocycles. The number of nitrogens with zero attached hydrogens (tertiary/aromatic N) is 2. The molecule has 1 N–H and O–H groups in total. The topological polar surface area (TPSA) is 61.9 Å². The molecule has 2 atom stereocenters. The van der Waals surface area contributed by atoms with Crippen molar-refractivity contribution in [2.45, 2.75) is 19.8 Å². The second-order valence-electron chi connectivity index (χ2n) is 6.08. The maximum Gasteiger partial charge on any atom is 0.317 e. The summed E-state index contributed by atoms with van der Waals surface area (Å²) in [5.41, 5.74) is 1.03. The Balaban J connectivity index is 2.29. The molecule has 1 aromatic rings. The lowest BCUT2D eigenvalue weighted by molar-refractivity contribution is -0.133. The largest absolute Gasteiger partial charge is 0.497 e. The van der Waals surface area contributed by atoms with Crippen LogP contribution in [0.2, 0.25) is 0 Å². The average molecular weight is 333 g/mol. The summed E-state index contributed by atoms with van der Waals surface area (Å²) < 4.78 is 5.30. The fourth-order valence-corrected chi connectivity index (χ4v) is 3.13. The highest BCUT2D eigenvalue weighted by molar-refractivity contribution is 5.82. The predicted molar refractivity (Wildman–Crippen MR) is 93.2 cm³/mol. The Hall–Kier alpha value is -2.24. The van der Waals surface area contributed by atoms with Gasteiger partial charge in [-0.05, 0) is 31.5 Å². The summed E-state index contributed by atoms with van der Waals surface area (Å²) in [6.45, 7) is 6.05. The minimum absolute atomic E-state index is 0.0239. The number of amides is 3. The average Bonchev–Trinajstić information content (AvgIpc) is 3.06. The lowest BCUT2D eigenvalue weighted by Gasteiger charge is -2.23. The number of carbonyl (C=O) groups excluding carboxylic acids is 2. The smallest absolute Gasteiger partial charge is 0.317 e. The normalized spacial score (nSPS) is 19.9. The van der Waals surface area contributed by atoms with Crippen LogP contribution in [0.25, 0.3) is 0 Å². The first kappa shape index (κ1) is 18.1. The Labute approximate surface area is 143 Å². The van der Waals surface area contributed by atoms with Gasteiger partial charge < -0.3 is 19.9 Å². The molecule has 1 aromatic carbocycles. The van der Waals surface area contributed by atoms with Gasteiger partial charge in [0.1, 0.15) is 5.75 Å². The van der Waals surface area contributed by atoms with Crippen molar-refractivity contribution >= 4 is 11.9 Å². The van der Waals surface area contributed by atoms with Crippen LogP contribution in [0.15, 0.2) is 24.3 Å². The van der Waals surface area contributed by atoms with Gasteiger partial charge >= 0.3 is 6.03 Å². The first-order valence-corrected chi connectivity index (χ1v) is 8.43. The molecule has 1 heterocycles. The molecule has 0 bridgehead atoms. The molecule has 6 nitrogen and oxygen atoms in total. The van der Waals surface area contributed by atoms with Crippen LogP contribution in [0, 0.1) is 5.92 Å². The van der Waals surface area contributed by atoms with E-state index in [1.165, 1.54) is 0 Å². The van der Waals surface area contributed by atoms with E-state index in [-0.39, 0.29) is 23.8 Å². The van der Waals surface area contributed by atoms with Crippen molar-refractivity contribution in [3.8, 4) is 5.75 Å². The summed E-state index contributed by atoms with van der Waals surface area (Å²) in [7, 11) is 3.43. The molecule has 0 aromatic heterocycles. The van der Waals surface area contributed by atoms with Crippen LogP contribution in [0.1, 0.15) is 25.3 Å². The number of ether oxygens (including phenoxy) is 1. The van der Waals surface area contributed by atoms with Crippen LogP contribution >= 0.6 is 0 Å². The third-order valence-corrected chi connectivity index (χ3v) is 4.62. The maximum absolute atomic E-state index is 12.8. The number of urea groups is 1. The highest BCUT2D eigenvalue weighted by Crippen LogP contribution is 2.35. The molecule has 132 valence electrons. The first-order chi connectivity index (χ1) is 11.5. The van der Waals surface area contributed by atoms with Crippen molar-refractivity contribution in [2.75, 3.05) is 40.3 Å². The van der Waals surface area contributed by atoms with Gasteiger partial charge in [-0.1, -0.05) is 12.1 Å². The molecular weight excluding hydrogens is 306 g/mol. The number of hydrogen-bond donors (Lipinski definition) is 1. The SMILES string of the molecule is CCNC(=O)N1CC(C(=O)N(C)CC)C(c2cccc(OC)c2)C1. The standard InChI is InChI=1S/C18H27N3O3/c1-5-19-18(23)21-11-15(13-8-7-9-14(10-13)24-4)16(12-21)17(22)20(3)6-2/h7-10,15-16H,5-6,11-12H2,1-4H3,(H,19,23). The van der Waals surface area contributed by atoms with Crippen LogP contribution in [0.3, 0.4) is 0 Å². The van der Waals surface area contributed by atoms with Crippen molar-refractivity contribution in [3.63, 3.8) is 0 Å². The van der Waals surface area contributed by atoms with Crippen LogP contribution in [-0.2, 0) is 4.79 Å². The third kappa shape index (κ3) is 3.80. The number of nitrogens with one attached hydrogen (secondary N) is 1. The van der Waals surface area contributed by atoms with Gasteiger partial charge in [-0.3, -0.25) is 4.79 Å². The molecule has 1 aliphatic rings. The van der Waals surface area contributed by atoms with Gasteiger partial charge in [0.2, 0.25) is 5.91 Å². The second-order valence-corrected chi connectivity index (χ2v) is 6.08. The van der Waals surface area contributed by atoms with Crippen molar-refractivity contribution in [3.05, 3.63) is 29.8 Å². The highest BCUT2D eigenvalue weighted by atomic mass is 16.5. The molecule has 2 unspecified atom stereocenters. The summed E-state index contributed by atoms with van der Waals surface area (Å²) in [5.74, 6) is 0.588. The molecule has 6 heteroatoms. The fourth-order valence-electron chi connectivity index (χ4n) is 3.13. The first-order valence-electron chi connectivity index (χ1n) is 8.43. The molecule has 3 amide bonds. The summed E-state index contributed by atoms with van der Waals surface area (Å²) >= 11 is 0. The Bertz CT molecular complexity index is 591. The molecule has 1 fully saturated rings. The van der Waals surface area contributed by atoms with Gasteiger partial charge in [0.05, 0.1) is 13.0 Å². The molecule has 1 aliphatic heterocycles. The molecule has 0 radical (unpaired) electrons. The van der Waals surface area contributed by atoms with Crippen molar-refractivity contribution in [1.82, 2.24) is 15.1 Å². The van der Waals surface area contributed by atoms with Crippen LogP contribution < -0.4 is 10.1 Å². The molecular formula is C18H27N3O3. The zero-order valence-electron chi connectivity index (χ0n) is 14.9. The minimum atomic E-state index is -0.232. The van der Waals surface area contributed by atoms with Gasteiger partial charge in [-0.15, -0.1) is 0 Å². The minimum Gasteiger partial charge on any atom is -0.497 e. The second kappa shape index (κ2) is 8.04. The maximum atomic E-state index is 12.8. The van der Waals surface area contributed by atoms with E-state index in [1.807, 2.05) is 38.1 Å². The molecule has 2 rings (SSSR count). The van der Waals surface area contributed by atoms with E-state index in [4.69, 9.17) is 4.74 Å². The predicted octanol–water partition coefficient (Wildman–Crippen LogP) is 1.92. The number of likely N-dealkylation sites (tertiary alicyclic amines) is 1. The molecule has 0 spiro atoms. The van der Waals surface area contributed by atoms with E-state index >= 15 is 0 Å². The number of rotatable bonds is 5. The van der Waals surface area contributed by atoms with E-state index in [1.54, 1.807) is 24.0 Å². The fraction of sp³-hybridized carbons (Fsp3) is 0.556. The van der Waals surface area contributed by atoms with Crippen molar-refractivity contribution in [2.24, 2.45) is 5.92 Å². The Morgan fingerprint density at radius 3 is 2.71 bits per heavy atom. The van der Waals surface area contributed by atoms with E-state index in [9.17, 15) is 9.59 Å².